The van der Waals surface area contributed by atoms with Gasteiger partial charge in [-0.2, -0.15) is 13.2 Å². The third-order valence-electron chi connectivity index (χ3n) is 3.51. The van der Waals surface area contributed by atoms with Gasteiger partial charge in [-0.1, -0.05) is 6.07 Å². The second-order valence-corrected chi connectivity index (χ2v) is 5.20. The summed E-state index contributed by atoms with van der Waals surface area (Å²) in [7, 11) is 0. The molecule has 132 valence electrons. The minimum absolute atomic E-state index is 0.130. The number of carboxylic acid groups (broad SMARTS) is 1. The number of alkyl halides is 3. The number of amides is 1. The van der Waals surface area contributed by atoms with Crippen molar-refractivity contribution >= 4 is 11.9 Å². The smallest absolute Gasteiger partial charge is 0.417 e. The number of hydrogen-bond acceptors (Lipinski definition) is 4. The quantitative estimate of drug-likeness (QED) is 0.855. The molecule has 1 unspecified atom stereocenters. The Bertz CT molecular complexity index is 749. The van der Waals surface area contributed by atoms with Crippen LogP contribution in [0.2, 0.25) is 0 Å². The number of carbonyl (C=O) groups excluding carboxylic acids is 1. The second-order valence-electron chi connectivity index (χ2n) is 5.20. The molecule has 0 saturated carbocycles. The van der Waals surface area contributed by atoms with Crippen molar-refractivity contribution in [1.82, 2.24) is 14.9 Å². The van der Waals surface area contributed by atoms with Crippen molar-refractivity contribution in [3.63, 3.8) is 0 Å². The fourth-order valence-electron chi connectivity index (χ4n) is 2.15. The highest BCUT2D eigenvalue weighted by Gasteiger charge is 2.31. The maximum atomic E-state index is 12.6. The summed E-state index contributed by atoms with van der Waals surface area (Å²) in [5, 5.41) is 9.00. The van der Waals surface area contributed by atoms with Crippen molar-refractivity contribution in [2.45, 2.75) is 25.7 Å². The number of rotatable bonds is 4. The molecule has 0 aliphatic rings. The van der Waals surface area contributed by atoms with Gasteiger partial charge in [0.05, 0.1) is 29.5 Å². The highest BCUT2D eigenvalue weighted by atomic mass is 19.4. The molecule has 6 nitrogen and oxygen atoms in total. The summed E-state index contributed by atoms with van der Waals surface area (Å²) in [4.78, 5) is 31.8. The predicted molar refractivity (Wildman–Crippen MR) is 80.1 cm³/mol. The largest absolute Gasteiger partial charge is 0.474 e. The van der Waals surface area contributed by atoms with E-state index < -0.39 is 29.7 Å². The van der Waals surface area contributed by atoms with Gasteiger partial charge >= 0.3 is 18.1 Å². The van der Waals surface area contributed by atoms with Crippen LogP contribution in [0.3, 0.4) is 0 Å². The van der Waals surface area contributed by atoms with Crippen molar-refractivity contribution in [3.8, 4) is 0 Å². The summed E-state index contributed by atoms with van der Waals surface area (Å²) in [6.45, 7) is 1.31. The van der Waals surface area contributed by atoms with Crippen LogP contribution in [0, 0.1) is 0 Å². The van der Waals surface area contributed by atoms with Crippen molar-refractivity contribution in [2.75, 3.05) is 0 Å². The third kappa shape index (κ3) is 4.52. The van der Waals surface area contributed by atoms with Gasteiger partial charge in [-0.15, -0.1) is 0 Å². The minimum atomic E-state index is -4.52. The number of halogens is 3. The SMILES string of the molecule is CC(c1ccccn1)N(Cc1ccc(C(F)(F)F)cn1)C(=O)C(=O)O. The maximum absolute atomic E-state index is 12.6. The first-order valence-electron chi connectivity index (χ1n) is 7.17. The Hall–Kier alpha value is -2.97. The van der Waals surface area contributed by atoms with Crippen LogP contribution in [0.4, 0.5) is 13.2 Å². The first-order chi connectivity index (χ1) is 11.7. The lowest BCUT2D eigenvalue weighted by Crippen LogP contribution is -2.38. The topological polar surface area (TPSA) is 83.4 Å². The summed E-state index contributed by atoms with van der Waals surface area (Å²) >= 11 is 0. The van der Waals surface area contributed by atoms with Crippen LogP contribution in [0.15, 0.2) is 42.7 Å². The molecule has 2 aromatic rings. The fourth-order valence-corrected chi connectivity index (χ4v) is 2.15. The van der Waals surface area contributed by atoms with Crippen LogP contribution in [0.25, 0.3) is 0 Å². The van der Waals surface area contributed by atoms with E-state index in [1.807, 2.05) is 0 Å². The summed E-state index contributed by atoms with van der Waals surface area (Å²) in [6, 6.07) is 6.20. The average Bonchev–Trinajstić information content (AvgIpc) is 2.59. The van der Waals surface area contributed by atoms with E-state index in [9.17, 15) is 22.8 Å². The van der Waals surface area contributed by atoms with E-state index in [1.165, 1.54) is 6.20 Å². The number of aliphatic carboxylic acids is 1. The predicted octanol–water partition coefficient (Wildman–Crippen LogP) is 2.67. The number of nitrogens with zero attached hydrogens (tertiary/aromatic N) is 3. The summed E-state index contributed by atoms with van der Waals surface area (Å²) < 4.78 is 37.7. The molecule has 0 fully saturated rings. The molecule has 1 amide bonds. The number of carbonyl (C=O) groups is 2. The van der Waals surface area contributed by atoms with Crippen LogP contribution >= 0.6 is 0 Å². The molecule has 0 radical (unpaired) electrons. The Kier molecular flexibility index (Phi) is 5.35. The lowest BCUT2D eigenvalue weighted by Gasteiger charge is -2.27. The zero-order valence-corrected chi connectivity index (χ0v) is 13.1. The molecule has 1 atom stereocenters. The average molecular weight is 353 g/mol. The number of pyridine rings is 2. The highest BCUT2D eigenvalue weighted by molar-refractivity contribution is 6.31. The van der Waals surface area contributed by atoms with Gasteiger partial charge in [0.25, 0.3) is 0 Å². The van der Waals surface area contributed by atoms with Crippen molar-refractivity contribution in [2.24, 2.45) is 0 Å². The van der Waals surface area contributed by atoms with Crippen LogP contribution in [-0.4, -0.2) is 31.9 Å². The molecule has 0 bridgehead atoms. The van der Waals surface area contributed by atoms with Crippen LogP contribution < -0.4 is 0 Å². The zero-order chi connectivity index (χ0) is 18.6. The number of carboxylic acids is 1. The molecule has 0 aromatic carbocycles. The Labute approximate surface area is 140 Å². The van der Waals surface area contributed by atoms with Crippen molar-refractivity contribution in [3.05, 3.63) is 59.7 Å². The van der Waals surface area contributed by atoms with Gasteiger partial charge in [0.1, 0.15) is 0 Å². The molecule has 2 aromatic heterocycles. The molecule has 2 heterocycles. The molecular weight excluding hydrogens is 339 g/mol. The molecule has 25 heavy (non-hydrogen) atoms. The Balaban J connectivity index is 2.28. The first-order valence-corrected chi connectivity index (χ1v) is 7.17. The summed E-state index contributed by atoms with van der Waals surface area (Å²) in [5.74, 6) is -2.87. The standard InChI is InChI=1S/C16H14F3N3O3/c1-10(13-4-2-3-7-20-13)22(14(23)15(24)25)9-12-6-5-11(8-21-12)16(17,18)19/h2-8,10H,9H2,1H3,(H,24,25). The van der Waals surface area contributed by atoms with Crippen molar-refractivity contribution < 1.29 is 27.9 Å². The van der Waals surface area contributed by atoms with Crippen LogP contribution in [0.5, 0.6) is 0 Å². The van der Waals surface area contributed by atoms with E-state index in [0.717, 1.165) is 17.0 Å². The molecule has 1 N–H and O–H groups in total. The van der Waals surface area contributed by atoms with Gasteiger partial charge in [0, 0.05) is 12.4 Å². The third-order valence-corrected chi connectivity index (χ3v) is 3.51. The molecule has 0 aliphatic carbocycles. The Morgan fingerprint density at radius 3 is 2.40 bits per heavy atom. The fraction of sp³-hybridized carbons (Fsp3) is 0.250. The molecule has 9 heteroatoms. The van der Waals surface area contributed by atoms with E-state index in [0.29, 0.717) is 11.9 Å². The maximum Gasteiger partial charge on any atom is 0.417 e. The summed E-state index contributed by atoms with van der Waals surface area (Å²) in [5.41, 5.74) is -0.348. The number of hydrogen-bond donors (Lipinski definition) is 1. The van der Waals surface area contributed by atoms with Crippen LogP contribution in [0.1, 0.15) is 29.9 Å². The normalized spacial score (nSPS) is 12.5. The molecule has 0 saturated heterocycles. The molecule has 2 rings (SSSR count). The zero-order valence-electron chi connectivity index (χ0n) is 13.1. The number of aromatic nitrogens is 2. The van der Waals surface area contributed by atoms with E-state index in [4.69, 9.17) is 5.11 Å². The first kappa shape index (κ1) is 18.4. The Morgan fingerprint density at radius 1 is 1.20 bits per heavy atom. The van der Waals surface area contributed by atoms with Gasteiger partial charge in [-0.05, 0) is 31.2 Å². The van der Waals surface area contributed by atoms with Gasteiger partial charge in [-0.3, -0.25) is 14.8 Å². The van der Waals surface area contributed by atoms with Crippen LogP contribution in [-0.2, 0) is 22.3 Å². The van der Waals surface area contributed by atoms with Gasteiger partial charge < -0.3 is 10.0 Å². The van der Waals surface area contributed by atoms with Crippen molar-refractivity contribution in [1.29, 1.82) is 0 Å². The monoisotopic (exact) mass is 353 g/mol. The van der Waals surface area contributed by atoms with E-state index in [2.05, 4.69) is 9.97 Å². The second kappa shape index (κ2) is 7.29. The lowest BCUT2D eigenvalue weighted by molar-refractivity contribution is -0.157. The highest BCUT2D eigenvalue weighted by Crippen LogP contribution is 2.29. The van der Waals surface area contributed by atoms with Gasteiger partial charge in [-0.25, -0.2) is 4.79 Å². The minimum Gasteiger partial charge on any atom is -0.474 e. The molecule has 0 aliphatic heterocycles. The molecular formula is C16H14F3N3O3. The lowest BCUT2D eigenvalue weighted by atomic mass is 10.1. The van der Waals surface area contributed by atoms with Gasteiger partial charge in [0.15, 0.2) is 0 Å². The van der Waals surface area contributed by atoms with E-state index in [1.54, 1.807) is 25.1 Å². The summed E-state index contributed by atoms with van der Waals surface area (Å²) in [6.07, 6.45) is -2.39. The van der Waals surface area contributed by atoms with E-state index >= 15 is 0 Å². The Morgan fingerprint density at radius 2 is 1.92 bits per heavy atom. The van der Waals surface area contributed by atoms with Gasteiger partial charge in [0.2, 0.25) is 0 Å². The van der Waals surface area contributed by atoms with E-state index in [-0.39, 0.29) is 12.2 Å². The molecule has 0 spiro atoms.